The van der Waals surface area contributed by atoms with Gasteiger partial charge in [-0.1, -0.05) is 55.8 Å². The van der Waals surface area contributed by atoms with Crippen LogP contribution in [-0.4, -0.2) is 6.04 Å². The number of hydrogen-bond donors (Lipinski definition) is 1. The van der Waals surface area contributed by atoms with Crippen molar-refractivity contribution in [2.75, 3.05) is 0 Å². The van der Waals surface area contributed by atoms with Crippen LogP contribution in [0.4, 0.5) is 0 Å². The summed E-state index contributed by atoms with van der Waals surface area (Å²) in [5.74, 6) is 0. The van der Waals surface area contributed by atoms with E-state index >= 15 is 0 Å². The molecule has 0 saturated carbocycles. The molecule has 2 heteroatoms. The summed E-state index contributed by atoms with van der Waals surface area (Å²) < 4.78 is 0. The second-order valence-corrected chi connectivity index (χ2v) is 5.56. The van der Waals surface area contributed by atoms with Crippen molar-refractivity contribution in [2.45, 2.75) is 33.4 Å². The van der Waals surface area contributed by atoms with Crippen molar-refractivity contribution < 1.29 is 0 Å². The summed E-state index contributed by atoms with van der Waals surface area (Å²) in [6.45, 7) is 7.21. The van der Waals surface area contributed by atoms with Crippen LogP contribution in [0.5, 0.6) is 0 Å². The van der Waals surface area contributed by atoms with Crippen molar-refractivity contribution in [1.82, 2.24) is 5.32 Å². The molecule has 2 rings (SSSR count). The molecule has 0 fully saturated rings. The van der Waals surface area contributed by atoms with Gasteiger partial charge in [0.1, 0.15) is 0 Å². The summed E-state index contributed by atoms with van der Waals surface area (Å²) >= 11 is 6.27. The molecule has 0 atom stereocenters. The normalized spacial score (nSPS) is 11.0. The fourth-order valence-electron chi connectivity index (χ4n) is 2.09. The van der Waals surface area contributed by atoms with E-state index in [9.17, 15) is 0 Å². The van der Waals surface area contributed by atoms with Gasteiger partial charge in [-0.2, -0.15) is 0 Å². The van der Waals surface area contributed by atoms with E-state index < -0.39 is 0 Å². The van der Waals surface area contributed by atoms with Gasteiger partial charge in [0.05, 0.1) is 0 Å². The predicted molar refractivity (Wildman–Crippen MR) is 83.6 cm³/mol. The van der Waals surface area contributed by atoms with E-state index in [1.807, 2.05) is 6.07 Å². The molecule has 0 bridgehead atoms. The average Bonchev–Trinajstić information content (AvgIpc) is 2.38. The highest BCUT2D eigenvalue weighted by Crippen LogP contribution is 2.27. The Morgan fingerprint density at radius 3 is 2.53 bits per heavy atom. The van der Waals surface area contributed by atoms with Crippen molar-refractivity contribution in [2.24, 2.45) is 0 Å². The van der Waals surface area contributed by atoms with Crippen LogP contribution in [0.1, 0.15) is 25.0 Å². The van der Waals surface area contributed by atoms with Crippen LogP contribution in [0.2, 0.25) is 5.02 Å². The van der Waals surface area contributed by atoms with Gasteiger partial charge in [-0.05, 0) is 41.3 Å². The monoisotopic (exact) mass is 273 g/mol. The SMILES string of the molecule is Cc1ccccc1-c1ccc(Cl)c(CNC(C)C)c1. The minimum Gasteiger partial charge on any atom is -0.310 e. The standard InChI is InChI=1S/C17H20ClN/c1-12(2)19-11-15-10-14(8-9-17(15)18)16-7-5-4-6-13(16)3/h4-10,12,19H,11H2,1-3H3. The molecule has 2 aromatic rings. The lowest BCUT2D eigenvalue weighted by molar-refractivity contribution is 0.589. The van der Waals surface area contributed by atoms with Gasteiger partial charge in [0, 0.05) is 17.6 Å². The van der Waals surface area contributed by atoms with Crippen molar-refractivity contribution in [1.29, 1.82) is 0 Å². The van der Waals surface area contributed by atoms with Crippen LogP contribution >= 0.6 is 11.6 Å². The van der Waals surface area contributed by atoms with E-state index in [-0.39, 0.29) is 0 Å². The lowest BCUT2D eigenvalue weighted by Gasteiger charge is -2.12. The van der Waals surface area contributed by atoms with E-state index in [0.717, 1.165) is 17.1 Å². The van der Waals surface area contributed by atoms with Crippen LogP contribution in [0.3, 0.4) is 0 Å². The first kappa shape index (κ1) is 14.1. The lowest BCUT2D eigenvalue weighted by Crippen LogP contribution is -2.21. The van der Waals surface area contributed by atoms with Gasteiger partial charge >= 0.3 is 0 Å². The summed E-state index contributed by atoms with van der Waals surface area (Å²) in [5, 5.41) is 4.24. The van der Waals surface area contributed by atoms with E-state index in [2.05, 4.69) is 62.5 Å². The van der Waals surface area contributed by atoms with E-state index in [4.69, 9.17) is 11.6 Å². The summed E-state index contributed by atoms with van der Waals surface area (Å²) in [6.07, 6.45) is 0. The number of rotatable bonds is 4. The fraction of sp³-hybridized carbons (Fsp3) is 0.294. The van der Waals surface area contributed by atoms with Crippen LogP contribution in [0, 0.1) is 6.92 Å². The molecule has 0 heterocycles. The molecule has 100 valence electrons. The first-order valence-corrected chi connectivity index (χ1v) is 7.03. The molecule has 0 unspecified atom stereocenters. The molecule has 0 aliphatic heterocycles. The summed E-state index contributed by atoms with van der Waals surface area (Å²) in [4.78, 5) is 0. The Morgan fingerprint density at radius 1 is 1.11 bits per heavy atom. The predicted octanol–water partition coefficient (Wildman–Crippen LogP) is 4.81. The molecule has 0 aliphatic rings. The molecule has 0 spiro atoms. The molecule has 0 amide bonds. The Kier molecular flexibility index (Phi) is 4.62. The minimum absolute atomic E-state index is 0.457. The number of aryl methyl sites for hydroxylation is 1. The smallest absolute Gasteiger partial charge is 0.0451 e. The average molecular weight is 274 g/mol. The molecular weight excluding hydrogens is 254 g/mol. The molecule has 2 aromatic carbocycles. The van der Waals surface area contributed by atoms with Gasteiger partial charge < -0.3 is 5.32 Å². The third kappa shape index (κ3) is 3.59. The minimum atomic E-state index is 0.457. The first-order chi connectivity index (χ1) is 9.08. The van der Waals surface area contributed by atoms with E-state index in [0.29, 0.717) is 6.04 Å². The zero-order chi connectivity index (χ0) is 13.8. The third-order valence-electron chi connectivity index (χ3n) is 3.20. The summed E-state index contributed by atoms with van der Waals surface area (Å²) in [7, 11) is 0. The molecular formula is C17H20ClN. The molecule has 0 aliphatic carbocycles. The van der Waals surface area contributed by atoms with Crippen LogP contribution < -0.4 is 5.32 Å². The number of hydrogen-bond acceptors (Lipinski definition) is 1. The molecule has 1 N–H and O–H groups in total. The fourth-order valence-corrected chi connectivity index (χ4v) is 2.27. The molecule has 0 saturated heterocycles. The molecule has 0 radical (unpaired) electrons. The Morgan fingerprint density at radius 2 is 1.84 bits per heavy atom. The van der Waals surface area contributed by atoms with E-state index in [1.165, 1.54) is 16.7 Å². The molecule has 1 nitrogen and oxygen atoms in total. The zero-order valence-corrected chi connectivity index (χ0v) is 12.5. The second-order valence-electron chi connectivity index (χ2n) is 5.16. The van der Waals surface area contributed by atoms with E-state index in [1.54, 1.807) is 0 Å². The van der Waals surface area contributed by atoms with Gasteiger partial charge in [0.15, 0.2) is 0 Å². The van der Waals surface area contributed by atoms with Gasteiger partial charge in [0.25, 0.3) is 0 Å². The van der Waals surface area contributed by atoms with Crippen LogP contribution in [-0.2, 0) is 6.54 Å². The summed E-state index contributed by atoms with van der Waals surface area (Å²) in [5.41, 5.74) is 4.93. The highest BCUT2D eigenvalue weighted by atomic mass is 35.5. The molecule has 0 aromatic heterocycles. The second kappa shape index (κ2) is 6.23. The van der Waals surface area contributed by atoms with Crippen LogP contribution in [0.25, 0.3) is 11.1 Å². The zero-order valence-electron chi connectivity index (χ0n) is 11.7. The van der Waals surface area contributed by atoms with Crippen molar-refractivity contribution in [3.63, 3.8) is 0 Å². The van der Waals surface area contributed by atoms with Gasteiger partial charge in [-0.25, -0.2) is 0 Å². The number of nitrogens with one attached hydrogen (secondary N) is 1. The van der Waals surface area contributed by atoms with Gasteiger partial charge in [-0.15, -0.1) is 0 Å². The van der Waals surface area contributed by atoms with Gasteiger partial charge in [0.2, 0.25) is 0 Å². The van der Waals surface area contributed by atoms with Crippen LogP contribution in [0.15, 0.2) is 42.5 Å². The Hall–Kier alpha value is -1.31. The highest BCUT2D eigenvalue weighted by molar-refractivity contribution is 6.31. The topological polar surface area (TPSA) is 12.0 Å². The van der Waals surface area contributed by atoms with Crippen molar-refractivity contribution in [3.05, 3.63) is 58.6 Å². The largest absolute Gasteiger partial charge is 0.310 e. The quantitative estimate of drug-likeness (QED) is 0.843. The number of benzene rings is 2. The first-order valence-electron chi connectivity index (χ1n) is 6.65. The summed E-state index contributed by atoms with van der Waals surface area (Å²) in [6, 6.07) is 15.1. The van der Waals surface area contributed by atoms with Crippen molar-refractivity contribution >= 4 is 11.6 Å². The maximum absolute atomic E-state index is 6.27. The highest BCUT2D eigenvalue weighted by Gasteiger charge is 2.06. The third-order valence-corrected chi connectivity index (χ3v) is 3.57. The maximum atomic E-state index is 6.27. The van der Waals surface area contributed by atoms with Crippen molar-refractivity contribution in [3.8, 4) is 11.1 Å². The Balaban J connectivity index is 2.33. The molecule has 19 heavy (non-hydrogen) atoms. The Labute approximate surface area is 120 Å². The lowest BCUT2D eigenvalue weighted by atomic mass is 9.99. The van der Waals surface area contributed by atoms with Gasteiger partial charge in [-0.3, -0.25) is 0 Å². The number of halogens is 1. The Bertz CT molecular complexity index is 561. The maximum Gasteiger partial charge on any atom is 0.0451 e.